The molecule has 0 spiro atoms. The van der Waals surface area contributed by atoms with Gasteiger partial charge in [-0.15, -0.1) is 0 Å². The van der Waals surface area contributed by atoms with Crippen LogP contribution in [0.2, 0.25) is 0 Å². The molecule has 5 heteroatoms. The van der Waals surface area contributed by atoms with Gasteiger partial charge in [-0.1, -0.05) is 0 Å². The fourth-order valence-electron chi connectivity index (χ4n) is 0.489. The molecule has 0 aromatic carbocycles. The Morgan fingerprint density at radius 1 is 1.50 bits per heavy atom. The van der Waals surface area contributed by atoms with Crippen LogP contribution in [0.3, 0.4) is 0 Å². The lowest BCUT2D eigenvalue weighted by Gasteiger charge is -1.87. The lowest BCUT2D eigenvalue weighted by molar-refractivity contribution is -0.191. The van der Waals surface area contributed by atoms with Gasteiger partial charge in [0.2, 0.25) is 0 Å². The highest BCUT2D eigenvalue weighted by Crippen LogP contribution is 1.92. The van der Waals surface area contributed by atoms with Gasteiger partial charge in [-0.05, 0) is 12.1 Å². The maximum absolute atomic E-state index is 10.2. The van der Waals surface area contributed by atoms with Crippen molar-refractivity contribution in [1.82, 2.24) is 4.98 Å². The Morgan fingerprint density at radius 2 is 2.08 bits per heavy atom. The predicted octanol–water partition coefficient (Wildman–Crippen LogP) is 0.196. The number of aromatic carboxylic acids is 1. The Kier molecular flexibility index (Phi) is 4.80. The summed E-state index contributed by atoms with van der Waals surface area (Å²) in [7, 11) is 0. The molecule has 0 aliphatic carbocycles. The molecule has 12 heavy (non-hydrogen) atoms. The molecular formula is C7H5NO4. The number of carbonyl (C=O) groups is 1. The van der Waals surface area contributed by atoms with Crippen LogP contribution in [0.5, 0.6) is 0 Å². The SMILES string of the molecule is O=C(O)c1cccnc1.O=C=O. The van der Waals surface area contributed by atoms with Gasteiger partial charge < -0.3 is 5.11 Å². The average Bonchev–Trinajstić information content (AvgIpc) is 2.07. The lowest BCUT2D eigenvalue weighted by atomic mass is 10.3. The second-order valence-corrected chi connectivity index (χ2v) is 1.63. The van der Waals surface area contributed by atoms with Crippen molar-refractivity contribution in [2.45, 2.75) is 0 Å². The molecule has 0 aliphatic heterocycles. The van der Waals surface area contributed by atoms with Crippen LogP contribution in [0.25, 0.3) is 0 Å². The Bertz CT molecular complexity index is 277. The van der Waals surface area contributed by atoms with E-state index < -0.39 is 5.97 Å². The summed E-state index contributed by atoms with van der Waals surface area (Å²) in [4.78, 5) is 30.0. The summed E-state index contributed by atoms with van der Waals surface area (Å²) in [5.74, 6) is -0.942. The largest absolute Gasteiger partial charge is 0.478 e. The zero-order valence-corrected chi connectivity index (χ0v) is 5.93. The van der Waals surface area contributed by atoms with Crippen LogP contribution in [0, 0.1) is 0 Å². The van der Waals surface area contributed by atoms with Gasteiger partial charge in [-0.3, -0.25) is 4.98 Å². The number of carboxylic acid groups (broad SMARTS) is 1. The van der Waals surface area contributed by atoms with Crippen molar-refractivity contribution < 1.29 is 19.5 Å². The number of hydrogen-bond acceptors (Lipinski definition) is 4. The molecule has 0 fully saturated rings. The van der Waals surface area contributed by atoms with Gasteiger partial charge in [0.1, 0.15) is 0 Å². The molecule has 62 valence electrons. The Labute approximate surface area is 67.7 Å². The third kappa shape index (κ3) is 3.92. The second kappa shape index (κ2) is 5.76. The van der Waals surface area contributed by atoms with Crippen molar-refractivity contribution in [1.29, 1.82) is 0 Å². The molecular weight excluding hydrogens is 162 g/mol. The first-order valence-electron chi connectivity index (χ1n) is 2.85. The van der Waals surface area contributed by atoms with Gasteiger partial charge in [-0.2, -0.15) is 9.59 Å². The van der Waals surface area contributed by atoms with E-state index in [4.69, 9.17) is 14.7 Å². The monoisotopic (exact) mass is 167 g/mol. The van der Waals surface area contributed by atoms with Gasteiger partial charge in [0.25, 0.3) is 0 Å². The minimum Gasteiger partial charge on any atom is -0.478 e. The molecule has 0 bridgehead atoms. The van der Waals surface area contributed by atoms with E-state index in [1.807, 2.05) is 0 Å². The Morgan fingerprint density at radius 3 is 2.33 bits per heavy atom. The van der Waals surface area contributed by atoms with Crippen LogP contribution in [0.4, 0.5) is 0 Å². The zero-order valence-electron chi connectivity index (χ0n) is 5.93. The molecule has 0 radical (unpaired) electrons. The number of aromatic nitrogens is 1. The number of carboxylic acids is 1. The third-order valence-electron chi connectivity index (χ3n) is 0.908. The normalized spacial score (nSPS) is 7.33. The van der Waals surface area contributed by atoms with Crippen molar-refractivity contribution >= 4 is 12.1 Å². The molecule has 1 aromatic rings. The smallest absolute Gasteiger partial charge is 0.373 e. The average molecular weight is 167 g/mol. The van der Waals surface area contributed by atoms with E-state index in [1.165, 1.54) is 18.5 Å². The molecule has 1 N–H and O–H groups in total. The highest BCUT2D eigenvalue weighted by Gasteiger charge is 1.97. The number of pyridine rings is 1. The van der Waals surface area contributed by atoms with Crippen LogP contribution >= 0.6 is 0 Å². The van der Waals surface area contributed by atoms with Gasteiger partial charge >= 0.3 is 12.1 Å². The highest BCUT2D eigenvalue weighted by atomic mass is 16.4. The van der Waals surface area contributed by atoms with E-state index in [9.17, 15) is 4.79 Å². The fraction of sp³-hybridized carbons (Fsp3) is 0. The molecule has 1 aromatic heterocycles. The standard InChI is InChI=1S/C6H5NO2.CO2/c8-6(9)5-2-1-3-7-4-5;2-1-3/h1-4H,(H,8,9);. The molecule has 1 rings (SSSR count). The molecule has 0 unspecified atom stereocenters. The molecule has 0 saturated heterocycles. The van der Waals surface area contributed by atoms with E-state index in [1.54, 1.807) is 6.07 Å². The summed E-state index contributed by atoms with van der Waals surface area (Å²) in [6, 6.07) is 3.08. The number of nitrogens with zero attached hydrogens (tertiary/aromatic N) is 1. The van der Waals surface area contributed by atoms with Crippen molar-refractivity contribution in [3.05, 3.63) is 30.1 Å². The molecule has 1 heterocycles. The van der Waals surface area contributed by atoms with Gasteiger partial charge in [0.15, 0.2) is 0 Å². The Balaban J connectivity index is 0.000000354. The minimum atomic E-state index is -0.942. The quantitative estimate of drug-likeness (QED) is 0.645. The van der Waals surface area contributed by atoms with E-state index in [2.05, 4.69) is 4.98 Å². The van der Waals surface area contributed by atoms with E-state index in [0.29, 0.717) is 0 Å². The number of carbonyl (C=O) groups excluding carboxylic acids is 2. The molecule has 0 aliphatic rings. The molecule has 0 saturated carbocycles. The van der Waals surface area contributed by atoms with Crippen LogP contribution in [-0.4, -0.2) is 22.2 Å². The summed E-state index contributed by atoms with van der Waals surface area (Å²) in [6.45, 7) is 0. The van der Waals surface area contributed by atoms with Crippen LogP contribution in [0.15, 0.2) is 24.5 Å². The van der Waals surface area contributed by atoms with E-state index >= 15 is 0 Å². The van der Waals surface area contributed by atoms with Crippen LogP contribution in [0.1, 0.15) is 10.4 Å². The predicted molar refractivity (Wildman–Crippen MR) is 36.2 cm³/mol. The summed E-state index contributed by atoms with van der Waals surface area (Å²) in [5, 5.41) is 8.34. The molecule has 0 amide bonds. The van der Waals surface area contributed by atoms with Crippen molar-refractivity contribution in [3.63, 3.8) is 0 Å². The topological polar surface area (TPSA) is 84.3 Å². The maximum Gasteiger partial charge on any atom is 0.373 e. The first-order valence-corrected chi connectivity index (χ1v) is 2.85. The zero-order chi connectivity index (χ0) is 9.40. The number of hydrogen-bond donors (Lipinski definition) is 1. The number of rotatable bonds is 1. The van der Waals surface area contributed by atoms with E-state index in [0.717, 1.165) is 0 Å². The van der Waals surface area contributed by atoms with Crippen molar-refractivity contribution in [2.75, 3.05) is 0 Å². The van der Waals surface area contributed by atoms with E-state index in [-0.39, 0.29) is 11.7 Å². The Hall–Kier alpha value is -2.00. The lowest BCUT2D eigenvalue weighted by Crippen LogP contribution is -1.94. The van der Waals surface area contributed by atoms with Crippen LogP contribution in [-0.2, 0) is 9.59 Å². The first kappa shape index (κ1) is 10.0. The maximum atomic E-state index is 10.2. The highest BCUT2D eigenvalue weighted by molar-refractivity contribution is 5.86. The second-order valence-electron chi connectivity index (χ2n) is 1.63. The summed E-state index contributed by atoms with van der Waals surface area (Å²) < 4.78 is 0. The minimum absolute atomic E-state index is 0.220. The summed E-state index contributed by atoms with van der Waals surface area (Å²) >= 11 is 0. The van der Waals surface area contributed by atoms with Crippen LogP contribution < -0.4 is 0 Å². The molecule has 5 nitrogen and oxygen atoms in total. The van der Waals surface area contributed by atoms with Gasteiger partial charge in [-0.25, -0.2) is 4.79 Å². The first-order chi connectivity index (χ1) is 5.72. The summed E-state index contributed by atoms with van der Waals surface area (Å²) in [5.41, 5.74) is 0.220. The summed E-state index contributed by atoms with van der Waals surface area (Å²) in [6.07, 6.45) is 3.09. The van der Waals surface area contributed by atoms with Crippen molar-refractivity contribution in [2.24, 2.45) is 0 Å². The third-order valence-corrected chi connectivity index (χ3v) is 0.908. The van der Waals surface area contributed by atoms with Gasteiger partial charge in [0, 0.05) is 12.4 Å². The fourth-order valence-corrected chi connectivity index (χ4v) is 0.489. The molecule has 0 atom stereocenters. The van der Waals surface area contributed by atoms with Gasteiger partial charge in [0.05, 0.1) is 5.56 Å². The van der Waals surface area contributed by atoms with Crippen molar-refractivity contribution in [3.8, 4) is 0 Å².